The second kappa shape index (κ2) is 9.67. The van der Waals surface area contributed by atoms with E-state index in [0.29, 0.717) is 31.9 Å². The van der Waals surface area contributed by atoms with Crippen molar-refractivity contribution in [1.82, 2.24) is 9.88 Å². The number of hydrogen-bond donors (Lipinski definition) is 2. The summed E-state index contributed by atoms with van der Waals surface area (Å²) >= 11 is 0. The van der Waals surface area contributed by atoms with Crippen LogP contribution in [0, 0.1) is 0 Å². The Morgan fingerprint density at radius 1 is 1.32 bits per heavy atom. The minimum absolute atomic E-state index is 0.441. The van der Waals surface area contributed by atoms with Crippen molar-refractivity contribution in [2.75, 3.05) is 39.2 Å². The summed E-state index contributed by atoms with van der Waals surface area (Å²) in [6, 6.07) is 1.86. The molecule has 2 heterocycles. The molecule has 7 heteroatoms. The fourth-order valence-corrected chi connectivity index (χ4v) is 3.32. The number of anilines is 1. The Morgan fingerprint density at radius 2 is 2.00 bits per heavy atom. The van der Waals surface area contributed by atoms with E-state index in [1.807, 2.05) is 26.8 Å². The number of unbranched alkanes of at least 4 members (excludes halogenated alkanes) is 1. The number of nitrogens with one attached hydrogen (secondary N) is 1. The lowest BCUT2D eigenvalue weighted by molar-refractivity contribution is -0.0685. The van der Waals surface area contributed by atoms with E-state index in [1.54, 1.807) is 6.20 Å². The minimum Gasteiger partial charge on any atom is -0.444 e. The van der Waals surface area contributed by atoms with Gasteiger partial charge in [-0.15, -0.1) is 0 Å². The smallest absolute Gasteiger partial charge is 0.413 e. The van der Waals surface area contributed by atoms with Gasteiger partial charge in [-0.1, -0.05) is 0 Å². The molecule has 0 bridgehead atoms. The molecule has 2 N–H and O–H groups in total. The van der Waals surface area contributed by atoms with Crippen LogP contribution in [0.1, 0.15) is 57.6 Å². The fourth-order valence-electron chi connectivity index (χ4n) is 3.32. The van der Waals surface area contributed by atoms with Gasteiger partial charge in [-0.3, -0.25) is 5.32 Å². The average Bonchev–Trinajstić information content (AvgIpc) is 2.57. The first kappa shape index (κ1) is 22.6. The molecule has 2 rings (SSSR count). The number of amides is 1. The van der Waals surface area contributed by atoms with Gasteiger partial charge in [0.2, 0.25) is 0 Å². The van der Waals surface area contributed by atoms with Gasteiger partial charge in [-0.05, 0) is 72.3 Å². The molecule has 0 unspecified atom stereocenters. The van der Waals surface area contributed by atoms with Gasteiger partial charge in [0.1, 0.15) is 11.4 Å². The summed E-state index contributed by atoms with van der Waals surface area (Å²) in [6.07, 6.45) is 5.14. The van der Waals surface area contributed by atoms with Crippen LogP contribution in [0.2, 0.25) is 0 Å². The Bertz CT molecular complexity index is 650. The number of carbonyl (C=O) groups excluding carboxylic acids is 1. The van der Waals surface area contributed by atoms with Crippen LogP contribution in [0.4, 0.5) is 10.6 Å². The standard InChI is InChI=1S/C21H35N3O4/c1-20(2,3)28-19(25)23-18-14-16(8-6-7-11-24(4)5)17(15-22-18)21(26)9-12-27-13-10-21/h14-15,26H,6-13H2,1-5H3,(H,22,23,25). The summed E-state index contributed by atoms with van der Waals surface area (Å²) in [4.78, 5) is 18.6. The zero-order chi connectivity index (χ0) is 20.8. The van der Waals surface area contributed by atoms with Gasteiger partial charge < -0.3 is 19.5 Å². The van der Waals surface area contributed by atoms with Gasteiger partial charge in [-0.25, -0.2) is 9.78 Å². The molecular weight excluding hydrogens is 358 g/mol. The van der Waals surface area contributed by atoms with Gasteiger partial charge in [-0.2, -0.15) is 0 Å². The van der Waals surface area contributed by atoms with Gasteiger partial charge in [0, 0.05) is 37.8 Å². The quantitative estimate of drug-likeness (QED) is 0.692. The highest BCUT2D eigenvalue weighted by Gasteiger charge is 2.34. The van der Waals surface area contributed by atoms with Crippen molar-refractivity contribution in [3.63, 3.8) is 0 Å². The first-order chi connectivity index (χ1) is 13.1. The Morgan fingerprint density at radius 3 is 2.61 bits per heavy atom. The predicted octanol–water partition coefficient (Wildman–Crippen LogP) is 3.31. The Kier molecular flexibility index (Phi) is 7.80. The van der Waals surface area contributed by atoms with Crippen LogP contribution in [0.25, 0.3) is 0 Å². The van der Waals surface area contributed by atoms with Crippen LogP contribution < -0.4 is 5.32 Å². The van der Waals surface area contributed by atoms with Gasteiger partial charge in [0.05, 0.1) is 5.60 Å². The lowest BCUT2D eigenvalue weighted by Crippen LogP contribution is -2.34. The number of carbonyl (C=O) groups is 1. The third kappa shape index (κ3) is 7.04. The van der Waals surface area contributed by atoms with Gasteiger partial charge in [0.25, 0.3) is 0 Å². The highest BCUT2D eigenvalue weighted by molar-refractivity contribution is 5.83. The molecule has 0 aromatic carbocycles. The second-order valence-electron chi connectivity index (χ2n) is 8.76. The molecule has 1 amide bonds. The maximum absolute atomic E-state index is 12.1. The predicted molar refractivity (Wildman–Crippen MR) is 110 cm³/mol. The van der Waals surface area contributed by atoms with Crippen molar-refractivity contribution in [2.24, 2.45) is 0 Å². The van der Waals surface area contributed by atoms with Crippen LogP contribution in [0.5, 0.6) is 0 Å². The van der Waals surface area contributed by atoms with Crippen LogP contribution in [0.15, 0.2) is 12.3 Å². The number of hydrogen-bond acceptors (Lipinski definition) is 6. The molecule has 7 nitrogen and oxygen atoms in total. The molecule has 1 aromatic rings. The van der Waals surface area contributed by atoms with Crippen molar-refractivity contribution in [3.8, 4) is 0 Å². The number of ether oxygens (including phenoxy) is 2. The molecule has 1 aliphatic rings. The van der Waals surface area contributed by atoms with E-state index in [-0.39, 0.29) is 0 Å². The summed E-state index contributed by atoms with van der Waals surface area (Å²) in [5.74, 6) is 0.441. The number of aromatic nitrogens is 1. The summed E-state index contributed by atoms with van der Waals surface area (Å²) in [7, 11) is 4.12. The van der Waals surface area contributed by atoms with E-state index < -0.39 is 17.3 Å². The topological polar surface area (TPSA) is 83.9 Å². The molecule has 0 atom stereocenters. The second-order valence-corrected chi connectivity index (χ2v) is 8.76. The summed E-state index contributed by atoms with van der Waals surface area (Å²) < 4.78 is 10.7. The Labute approximate surface area is 168 Å². The first-order valence-corrected chi connectivity index (χ1v) is 10.0. The maximum atomic E-state index is 12.1. The first-order valence-electron chi connectivity index (χ1n) is 10.0. The number of aryl methyl sites for hydroxylation is 1. The third-order valence-electron chi connectivity index (χ3n) is 4.74. The summed E-state index contributed by atoms with van der Waals surface area (Å²) in [6.45, 7) is 7.55. The van der Waals surface area contributed by atoms with E-state index in [4.69, 9.17) is 9.47 Å². The maximum Gasteiger partial charge on any atom is 0.413 e. The lowest BCUT2D eigenvalue weighted by Gasteiger charge is -2.34. The summed E-state index contributed by atoms with van der Waals surface area (Å²) in [5, 5.41) is 13.9. The van der Waals surface area contributed by atoms with Crippen molar-refractivity contribution in [3.05, 3.63) is 23.4 Å². The highest BCUT2D eigenvalue weighted by atomic mass is 16.6. The summed E-state index contributed by atoms with van der Waals surface area (Å²) in [5.41, 5.74) is 0.364. The van der Waals surface area contributed by atoms with Crippen LogP contribution in [-0.4, -0.2) is 60.5 Å². The SMILES string of the molecule is CN(C)CCCCc1cc(NC(=O)OC(C)(C)C)ncc1C1(O)CCOCC1. The van der Waals surface area contributed by atoms with Crippen LogP contribution >= 0.6 is 0 Å². The number of pyridine rings is 1. The average molecular weight is 394 g/mol. The molecule has 1 aromatic heterocycles. The largest absolute Gasteiger partial charge is 0.444 e. The van der Waals surface area contributed by atoms with Crippen molar-refractivity contribution in [1.29, 1.82) is 0 Å². The van der Waals surface area contributed by atoms with E-state index in [0.717, 1.165) is 36.9 Å². The number of rotatable bonds is 7. The molecule has 1 aliphatic heterocycles. The molecule has 1 saturated heterocycles. The number of nitrogens with zero attached hydrogens (tertiary/aromatic N) is 2. The molecule has 28 heavy (non-hydrogen) atoms. The number of aliphatic hydroxyl groups is 1. The van der Waals surface area contributed by atoms with Crippen molar-refractivity contribution < 1.29 is 19.4 Å². The zero-order valence-electron chi connectivity index (χ0n) is 17.9. The van der Waals surface area contributed by atoms with E-state index >= 15 is 0 Å². The normalized spacial score (nSPS) is 16.8. The lowest BCUT2D eigenvalue weighted by atomic mass is 9.83. The van der Waals surface area contributed by atoms with E-state index in [2.05, 4.69) is 29.3 Å². The highest BCUT2D eigenvalue weighted by Crippen LogP contribution is 2.35. The third-order valence-corrected chi connectivity index (χ3v) is 4.74. The van der Waals surface area contributed by atoms with Crippen molar-refractivity contribution >= 4 is 11.9 Å². The van der Waals surface area contributed by atoms with Gasteiger partial charge >= 0.3 is 6.09 Å². The monoisotopic (exact) mass is 393 g/mol. The Balaban J connectivity index is 2.18. The van der Waals surface area contributed by atoms with Crippen LogP contribution in [-0.2, 0) is 21.5 Å². The minimum atomic E-state index is -0.924. The van der Waals surface area contributed by atoms with Crippen molar-refractivity contribution in [2.45, 2.75) is 64.1 Å². The van der Waals surface area contributed by atoms with Crippen LogP contribution in [0.3, 0.4) is 0 Å². The molecule has 158 valence electrons. The molecule has 1 fully saturated rings. The molecule has 0 spiro atoms. The molecular formula is C21H35N3O4. The fraction of sp³-hybridized carbons (Fsp3) is 0.714. The molecule has 0 aliphatic carbocycles. The van der Waals surface area contributed by atoms with E-state index in [9.17, 15) is 9.90 Å². The Hall–Kier alpha value is -1.70. The molecule has 0 radical (unpaired) electrons. The molecule has 0 saturated carbocycles. The van der Waals surface area contributed by atoms with E-state index in [1.165, 1.54) is 0 Å². The zero-order valence-corrected chi connectivity index (χ0v) is 17.9. The van der Waals surface area contributed by atoms with Gasteiger partial charge in [0.15, 0.2) is 0 Å².